The van der Waals surface area contributed by atoms with Crippen molar-refractivity contribution in [1.82, 2.24) is 0 Å². The van der Waals surface area contributed by atoms with E-state index in [-0.39, 0.29) is 12.8 Å². The number of aliphatic hydroxyl groups excluding tert-OH is 4. The third-order valence-corrected chi connectivity index (χ3v) is 12.0. The number of rotatable bonds is 38. The van der Waals surface area contributed by atoms with Gasteiger partial charge in [0.05, 0.1) is 6.61 Å². The summed E-state index contributed by atoms with van der Waals surface area (Å²) >= 11 is 0. The Hall–Kier alpha value is -1.52. The summed E-state index contributed by atoms with van der Waals surface area (Å²) in [6, 6.07) is 0. The standard InChI is InChI=1S/C43H80O16P2/c1-3-5-7-9-11-13-15-17-18-20-21-23-25-27-29-31-36(44)55-33-35(57-37(45)32-30-28-26-24-22-19-16-14-12-10-8-6-4-2)34-56-61(53,54)59-43-40(48)38(46)39(47)42(41(43)49)58-60(50,51)52/h13-16,35,38-43,46-49H,3-12,17-34H2,1-2H3,(H,53,54)(H2,50,51,52)/b15-13-,16-14-/t35-,38?,39?,40?,41?,42-,43+/m1/s1. The highest BCUT2D eigenvalue weighted by molar-refractivity contribution is 7.47. The van der Waals surface area contributed by atoms with Gasteiger partial charge in [-0.1, -0.05) is 128 Å². The Morgan fingerprint density at radius 1 is 0.508 bits per heavy atom. The number of unbranched alkanes of at least 4 members (excludes halogenated alkanes) is 20. The lowest BCUT2D eigenvalue weighted by Crippen LogP contribution is -2.64. The van der Waals surface area contributed by atoms with E-state index in [4.69, 9.17) is 28.3 Å². The first kappa shape index (κ1) is 57.5. The van der Waals surface area contributed by atoms with E-state index in [1.54, 1.807) is 0 Å². The van der Waals surface area contributed by atoms with Gasteiger partial charge in [-0.25, -0.2) is 9.13 Å². The molecule has 5 unspecified atom stereocenters. The van der Waals surface area contributed by atoms with Gasteiger partial charge in [0.2, 0.25) is 0 Å². The fourth-order valence-electron chi connectivity index (χ4n) is 6.90. The van der Waals surface area contributed by atoms with Gasteiger partial charge in [0.25, 0.3) is 0 Å². The Bertz CT molecular complexity index is 1290. The van der Waals surface area contributed by atoms with E-state index in [0.29, 0.717) is 12.8 Å². The van der Waals surface area contributed by atoms with Crippen LogP contribution in [0.3, 0.4) is 0 Å². The number of carbonyl (C=O) groups excluding carboxylic acids is 2. The molecular weight excluding hydrogens is 834 g/mol. The lowest BCUT2D eigenvalue weighted by Gasteiger charge is -2.43. The predicted molar refractivity (Wildman–Crippen MR) is 232 cm³/mol. The van der Waals surface area contributed by atoms with E-state index in [0.717, 1.165) is 89.9 Å². The maximum absolute atomic E-state index is 13.0. The molecule has 0 aromatic rings. The zero-order valence-corrected chi connectivity index (χ0v) is 38.6. The van der Waals surface area contributed by atoms with E-state index in [1.165, 1.54) is 51.4 Å². The molecule has 0 radical (unpaired) electrons. The normalized spacial score (nSPS) is 22.4. The second-order valence-corrected chi connectivity index (χ2v) is 18.7. The van der Waals surface area contributed by atoms with Crippen LogP contribution in [0.25, 0.3) is 0 Å². The maximum Gasteiger partial charge on any atom is 0.472 e. The molecule has 0 heterocycles. The minimum Gasteiger partial charge on any atom is -0.462 e. The number of esters is 2. The number of ether oxygens (including phenoxy) is 2. The quantitative estimate of drug-likeness (QED) is 0.0133. The van der Waals surface area contributed by atoms with E-state index >= 15 is 0 Å². The van der Waals surface area contributed by atoms with Crippen molar-refractivity contribution in [2.75, 3.05) is 13.2 Å². The second kappa shape index (κ2) is 34.8. The van der Waals surface area contributed by atoms with E-state index < -0.39 is 83.5 Å². The summed E-state index contributed by atoms with van der Waals surface area (Å²) in [5.74, 6) is -1.22. The largest absolute Gasteiger partial charge is 0.472 e. The minimum atomic E-state index is -5.36. The van der Waals surface area contributed by atoms with Gasteiger partial charge >= 0.3 is 27.6 Å². The second-order valence-electron chi connectivity index (χ2n) is 16.1. The monoisotopic (exact) mass is 914 g/mol. The molecule has 8 atom stereocenters. The third-order valence-electron chi connectivity index (χ3n) is 10.5. The van der Waals surface area contributed by atoms with Gasteiger partial charge in [0.15, 0.2) is 6.10 Å². The van der Waals surface area contributed by atoms with Crippen LogP contribution in [0, 0.1) is 0 Å². The fourth-order valence-corrected chi connectivity index (χ4v) is 8.44. The molecule has 1 saturated carbocycles. The number of phosphoric acid groups is 2. The lowest BCUT2D eigenvalue weighted by molar-refractivity contribution is -0.216. The molecule has 61 heavy (non-hydrogen) atoms. The molecule has 1 rings (SSSR count). The van der Waals surface area contributed by atoms with Crippen LogP contribution < -0.4 is 0 Å². The Balaban J connectivity index is 2.62. The van der Waals surface area contributed by atoms with Gasteiger partial charge in [-0.05, 0) is 64.2 Å². The summed E-state index contributed by atoms with van der Waals surface area (Å²) in [6.07, 6.45) is 20.0. The zero-order chi connectivity index (χ0) is 45.4. The van der Waals surface area contributed by atoms with Crippen molar-refractivity contribution < 1.29 is 76.9 Å². The average Bonchev–Trinajstić information content (AvgIpc) is 3.21. The van der Waals surface area contributed by atoms with E-state index in [9.17, 15) is 44.0 Å². The van der Waals surface area contributed by atoms with Crippen molar-refractivity contribution in [1.29, 1.82) is 0 Å². The fraction of sp³-hybridized carbons (Fsp3) is 0.860. The molecule has 0 aromatic carbocycles. The number of phosphoric ester groups is 2. The maximum atomic E-state index is 13.0. The van der Waals surface area contributed by atoms with Crippen LogP contribution in [-0.4, -0.2) is 103 Å². The molecular formula is C43H80O16P2. The molecule has 1 aliphatic rings. The van der Waals surface area contributed by atoms with Crippen molar-refractivity contribution >= 4 is 27.6 Å². The summed E-state index contributed by atoms with van der Waals surface area (Å²) in [7, 11) is -10.7. The number of carbonyl (C=O) groups is 2. The van der Waals surface area contributed by atoms with Crippen molar-refractivity contribution in [3.8, 4) is 0 Å². The van der Waals surface area contributed by atoms with Crippen LogP contribution in [0.15, 0.2) is 24.3 Å². The van der Waals surface area contributed by atoms with Crippen LogP contribution >= 0.6 is 15.6 Å². The Morgan fingerprint density at radius 3 is 1.34 bits per heavy atom. The molecule has 18 heteroatoms. The molecule has 1 aliphatic carbocycles. The summed E-state index contributed by atoms with van der Waals surface area (Å²) in [5.41, 5.74) is 0. The highest BCUT2D eigenvalue weighted by atomic mass is 31.2. The van der Waals surface area contributed by atoms with Crippen molar-refractivity contribution in [3.63, 3.8) is 0 Å². The van der Waals surface area contributed by atoms with Gasteiger partial charge in [0.1, 0.15) is 43.2 Å². The summed E-state index contributed by atoms with van der Waals surface area (Å²) in [6.45, 7) is 3.06. The Morgan fingerprint density at radius 2 is 0.902 bits per heavy atom. The molecule has 1 fully saturated rings. The van der Waals surface area contributed by atoms with Crippen molar-refractivity contribution in [2.45, 2.75) is 224 Å². The average molecular weight is 915 g/mol. The van der Waals surface area contributed by atoms with Gasteiger partial charge in [-0.3, -0.25) is 23.2 Å². The lowest BCUT2D eigenvalue weighted by atomic mass is 9.85. The van der Waals surface area contributed by atoms with E-state index in [2.05, 4.69) is 42.7 Å². The van der Waals surface area contributed by atoms with Crippen LogP contribution in [0.1, 0.15) is 181 Å². The SMILES string of the molecule is CCCCCC/C=C\CCCCCCCCCC(=O)OC[C@H](COP(=O)(O)O[C@H]1C(O)C(O)C(O)[C@@H](OP(=O)(O)O)C1O)OC(=O)CCCCCCC/C=C\CCCCCC. The van der Waals surface area contributed by atoms with Gasteiger partial charge in [-0.2, -0.15) is 0 Å². The third kappa shape index (κ3) is 29.5. The minimum absolute atomic E-state index is 0.0346. The molecule has 7 N–H and O–H groups in total. The highest BCUT2D eigenvalue weighted by Crippen LogP contribution is 2.49. The van der Waals surface area contributed by atoms with Gasteiger partial charge in [0, 0.05) is 12.8 Å². The molecule has 0 aromatic heterocycles. The molecule has 358 valence electrons. The molecule has 0 bridgehead atoms. The first-order valence-corrected chi connectivity index (χ1v) is 25.9. The number of hydrogen-bond donors (Lipinski definition) is 7. The zero-order valence-electron chi connectivity index (χ0n) is 36.8. The predicted octanol–water partition coefficient (Wildman–Crippen LogP) is 8.17. The molecule has 0 amide bonds. The van der Waals surface area contributed by atoms with E-state index in [1.807, 2.05) is 0 Å². The van der Waals surface area contributed by atoms with Crippen molar-refractivity contribution in [2.24, 2.45) is 0 Å². The molecule has 16 nitrogen and oxygen atoms in total. The summed E-state index contributed by atoms with van der Waals surface area (Å²) in [4.78, 5) is 54.2. The first-order valence-electron chi connectivity index (χ1n) is 22.9. The van der Waals surface area contributed by atoms with Gasteiger partial charge < -0.3 is 44.6 Å². The number of aliphatic hydroxyl groups is 4. The van der Waals surface area contributed by atoms with Gasteiger partial charge in [-0.15, -0.1) is 0 Å². The number of allylic oxidation sites excluding steroid dienone is 4. The number of hydrogen-bond acceptors (Lipinski definition) is 13. The van der Waals surface area contributed by atoms with Crippen LogP contribution in [0.4, 0.5) is 0 Å². The highest BCUT2D eigenvalue weighted by Gasteiger charge is 2.54. The van der Waals surface area contributed by atoms with Crippen molar-refractivity contribution in [3.05, 3.63) is 24.3 Å². The molecule has 0 saturated heterocycles. The smallest absolute Gasteiger partial charge is 0.462 e. The molecule has 0 spiro atoms. The summed E-state index contributed by atoms with van der Waals surface area (Å²) < 4.78 is 49.3. The topological polar surface area (TPSA) is 256 Å². The van der Waals surface area contributed by atoms with Crippen LogP contribution in [0.5, 0.6) is 0 Å². The van der Waals surface area contributed by atoms with Crippen LogP contribution in [0.2, 0.25) is 0 Å². The summed E-state index contributed by atoms with van der Waals surface area (Å²) in [5, 5.41) is 41.2. The Kier molecular flexibility index (Phi) is 32.8. The Labute approximate surface area is 364 Å². The molecule has 0 aliphatic heterocycles. The first-order chi connectivity index (χ1) is 29.1. The van der Waals surface area contributed by atoms with Crippen LogP contribution in [-0.2, 0) is 41.8 Å².